The summed E-state index contributed by atoms with van der Waals surface area (Å²) >= 11 is 0. The van der Waals surface area contributed by atoms with Crippen molar-refractivity contribution in [2.45, 2.75) is 19.1 Å². The Morgan fingerprint density at radius 3 is 3.00 bits per heavy atom. The Hall–Kier alpha value is -0.670. The van der Waals surface area contributed by atoms with Gasteiger partial charge in [0.2, 0.25) is 0 Å². The SMILES string of the molecule is CC1C=CC(=O)C(CO)O1. The van der Waals surface area contributed by atoms with Crippen molar-refractivity contribution in [3.63, 3.8) is 0 Å². The number of aliphatic hydroxyl groups is 1. The van der Waals surface area contributed by atoms with Gasteiger partial charge in [0, 0.05) is 0 Å². The van der Waals surface area contributed by atoms with Crippen LogP contribution in [0.15, 0.2) is 12.2 Å². The highest BCUT2D eigenvalue weighted by Crippen LogP contribution is 2.07. The van der Waals surface area contributed by atoms with Crippen LogP contribution in [0.4, 0.5) is 0 Å². The molecule has 3 nitrogen and oxygen atoms in total. The molecule has 0 aliphatic carbocycles. The van der Waals surface area contributed by atoms with Crippen molar-refractivity contribution in [2.24, 2.45) is 0 Å². The van der Waals surface area contributed by atoms with Crippen molar-refractivity contribution in [3.05, 3.63) is 12.2 Å². The van der Waals surface area contributed by atoms with Crippen LogP contribution < -0.4 is 0 Å². The summed E-state index contributed by atoms with van der Waals surface area (Å²) in [7, 11) is 0. The quantitative estimate of drug-likeness (QED) is 0.555. The fourth-order valence-electron chi connectivity index (χ4n) is 0.842. The maximum Gasteiger partial charge on any atom is 0.186 e. The molecule has 0 radical (unpaired) electrons. The lowest BCUT2D eigenvalue weighted by molar-refractivity contribution is -0.132. The Labute approximate surface area is 59.3 Å². The number of carbonyl (C=O) groups is 1. The predicted octanol–water partition coefficient (Wildman–Crippen LogP) is -0.109. The van der Waals surface area contributed by atoms with Crippen LogP contribution in [-0.4, -0.2) is 29.7 Å². The van der Waals surface area contributed by atoms with E-state index in [0.717, 1.165) is 0 Å². The van der Waals surface area contributed by atoms with E-state index in [1.54, 1.807) is 6.08 Å². The molecule has 0 saturated heterocycles. The molecule has 10 heavy (non-hydrogen) atoms. The van der Waals surface area contributed by atoms with Crippen molar-refractivity contribution in [1.29, 1.82) is 0 Å². The first-order valence-corrected chi connectivity index (χ1v) is 3.22. The van der Waals surface area contributed by atoms with Crippen LogP contribution >= 0.6 is 0 Å². The Balaban J connectivity index is 2.62. The number of hydrogen-bond acceptors (Lipinski definition) is 3. The van der Waals surface area contributed by atoms with E-state index >= 15 is 0 Å². The van der Waals surface area contributed by atoms with E-state index in [1.165, 1.54) is 6.08 Å². The van der Waals surface area contributed by atoms with Crippen LogP contribution in [0.3, 0.4) is 0 Å². The summed E-state index contributed by atoms with van der Waals surface area (Å²) in [5, 5.41) is 8.60. The van der Waals surface area contributed by atoms with Crippen LogP contribution in [0.2, 0.25) is 0 Å². The van der Waals surface area contributed by atoms with Gasteiger partial charge in [0.1, 0.15) is 6.10 Å². The van der Waals surface area contributed by atoms with E-state index in [9.17, 15) is 4.79 Å². The maximum atomic E-state index is 10.8. The van der Waals surface area contributed by atoms with Crippen molar-refractivity contribution in [1.82, 2.24) is 0 Å². The van der Waals surface area contributed by atoms with E-state index < -0.39 is 6.10 Å². The molecule has 0 aromatic heterocycles. The molecule has 0 fully saturated rings. The summed E-state index contributed by atoms with van der Waals surface area (Å²) < 4.78 is 5.06. The Morgan fingerprint density at radius 2 is 2.50 bits per heavy atom. The molecule has 0 amide bonds. The minimum absolute atomic E-state index is 0.0603. The van der Waals surface area contributed by atoms with Crippen molar-refractivity contribution in [2.75, 3.05) is 6.61 Å². The number of aliphatic hydroxyl groups excluding tert-OH is 1. The third-order valence-corrected chi connectivity index (χ3v) is 1.39. The molecule has 2 atom stereocenters. The highest BCUT2D eigenvalue weighted by Gasteiger charge is 2.21. The van der Waals surface area contributed by atoms with E-state index in [4.69, 9.17) is 9.84 Å². The van der Waals surface area contributed by atoms with E-state index in [-0.39, 0.29) is 18.5 Å². The lowest BCUT2D eigenvalue weighted by Gasteiger charge is -2.19. The molecular weight excluding hydrogens is 132 g/mol. The van der Waals surface area contributed by atoms with Gasteiger partial charge in [0.05, 0.1) is 12.7 Å². The monoisotopic (exact) mass is 142 g/mol. The summed E-state index contributed by atoms with van der Waals surface area (Å²) in [6, 6.07) is 0. The molecule has 0 aromatic rings. The van der Waals surface area contributed by atoms with Gasteiger partial charge in [-0.1, -0.05) is 6.08 Å². The molecule has 56 valence electrons. The topological polar surface area (TPSA) is 46.5 Å². The average molecular weight is 142 g/mol. The minimum atomic E-state index is -0.639. The number of ether oxygens (including phenoxy) is 1. The lowest BCUT2D eigenvalue weighted by Crippen LogP contribution is -2.33. The van der Waals surface area contributed by atoms with Gasteiger partial charge in [-0.2, -0.15) is 0 Å². The zero-order valence-electron chi connectivity index (χ0n) is 5.78. The zero-order valence-corrected chi connectivity index (χ0v) is 5.78. The fraction of sp³-hybridized carbons (Fsp3) is 0.571. The van der Waals surface area contributed by atoms with E-state index in [2.05, 4.69) is 0 Å². The van der Waals surface area contributed by atoms with Gasteiger partial charge in [-0.05, 0) is 13.0 Å². The third kappa shape index (κ3) is 1.43. The second kappa shape index (κ2) is 2.94. The number of carbonyl (C=O) groups excluding carboxylic acids is 1. The summed E-state index contributed by atoms with van der Waals surface area (Å²) in [4.78, 5) is 10.8. The smallest absolute Gasteiger partial charge is 0.186 e. The molecule has 0 aromatic carbocycles. The highest BCUT2D eigenvalue weighted by molar-refractivity contribution is 5.94. The Kier molecular flexibility index (Phi) is 2.19. The van der Waals surface area contributed by atoms with Gasteiger partial charge in [0.25, 0.3) is 0 Å². The summed E-state index contributed by atoms with van der Waals surface area (Å²) in [6.07, 6.45) is 2.43. The van der Waals surface area contributed by atoms with Gasteiger partial charge in [-0.25, -0.2) is 0 Å². The molecule has 3 heteroatoms. The predicted molar refractivity (Wildman–Crippen MR) is 35.6 cm³/mol. The zero-order chi connectivity index (χ0) is 7.56. The van der Waals surface area contributed by atoms with Gasteiger partial charge in [0.15, 0.2) is 5.78 Å². The van der Waals surface area contributed by atoms with Crippen LogP contribution in [0, 0.1) is 0 Å². The van der Waals surface area contributed by atoms with Crippen LogP contribution in [0.25, 0.3) is 0 Å². The first kappa shape index (κ1) is 7.44. The molecule has 1 rings (SSSR count). The van der Waals surface area contributed by atoms with Gasteiger partial charge in [-0.3, -0.25) is 4.79 Å². The molecule has 0 saturated carbocycles. The lowest BCUT2D eigenvalue weighted by atomic mass is 10.1. The minimum Gasteiger partial charge on any atom is -0.393 e. The Morgan fingerprint density at radius 1 is 1.80 bits per heavy atom. The molecule has 0 spiro atoms. The van der Waals surface area contributed by atoms with Gasteiger partial charge < -0.3 is 9.84 Å². The van der Waals surface area contributed by atoms with Crippen molar-refractivity contribution in [3.8, 4) is 0 Å². The Bertz CT molecular complexity index is 162. The second-order valence-corrected chi connectivity index (χ2v) is 2.27. The first-order chi connectivity index (χ1) is 4.74. The molecule has 1 aliphatic heterocycles. The summed E-state index contributed by atoms with van der Waals surface area (Å²) in [5.41, 5.74) is 0. The number of ketones is 1. The van der Waals surface area contributed by atoms with Crippen LogP contribution in [0.1, 0.15) is 6.92 Å². The maximum absolute atomic E-state index is 10.8. The van der Waals surface area contributed by atoms with Crippen molar-refractivity contribution >= 4 is 5.78 Å². The molecule has 1 heterocycles. The van der Waals surface area contributed by atoms with Gasteiger partial charge >= 0.3 is 0 Å². The highest BCUT2D eigenvalue weighted by atomic mass is 16.5. The molecular formula is C7H10O3. The summed E-state index contributed by atoms with van der Waals surface area (Å²) in [5.74, 6) is -0.152. The molecule has 1 N–H and O–H groups in total. The number of hydrogen-bond donors (Lipinski definition) is 1. The first-order valence-electron chi connectivity index (χ1n) is 3.22. The molecule has 1 aliphatic rings. The van der Waals surface area contributed by atoms with Gasteiger partial charge in [-0.15, -0.1) is 0 Å². The van der Waals surface area contributed by atoms with E-state index in [0.29, 0.717) is 0 Å². The van der Waals surface area contributed by atoms with Crippen LogP contribution in [0.5, 0.6) is 0 Å². The standard InChI is InChI=1S/C7H10O3/c1-5-2-3-6(9)7(4-8)10-5/h2-3,5,7-8H,4H2,1H3. The summed E-state index contributed by atoms with van der Waals surface area (Å²) in [6.45, 7) is 1.60. The second-order valence-electron chi connectivity index (χ2n) is 2.27. The van der Waals surface area contributed by atoms with Crippen LogP contribution in [-0.2, 0) is 9.53 Å². The largest absolute Gasteiger partial charge is 0.393 e. The normalized spacial score (nSPS) is 32.8. The fourth-order valence-corrected chi connectivity index (χ4v) is 0.842. The molecule has 0 bridgehead atoms. The van der Waals surface area contributed by atoms with E-state index in [1.807, 2.05) is 6.92 Å². The molecule has 2 unspecified atom stereocenters. The third-order valence-electron chi connectivity index (χ3n) is 1.39. The van der Waals surface area contributed by atoms with Crippen molar-refractivity contribution < 1.29 is 14.6 Å². The number of rotatable bonds is 1. The average Bonchev–Trinajstić information content (AvgIpc) is 1.94.